The van der Waals surface area contributed by atoms with E-state index in [0.29, 0.717) is 5.92 Å². The normalized spacial score (nSPS) is 20.4. The maximum atomic E-state index is 5.76. The van der Waals surface area contributed by atoms with E-state index in [4.69, 9.17) is 5.73 Å². The van der Waals surface area contributed by atoms with Crippen LogP contribution in [-0.2, 0) is 6.54 Å². The Morgan fingerprint density at radius 2 is 2.22 bits per heavy atom. The summed E-state index contributed by atoms with van der Waals surface area (Å²) in [6, 6.07) is 0. The van der Waals surface area contributed by atoms with Crippen LogP contribution in [0.15, 0.2) is 17.4 Å². The average Bonchev–Trinajstić information content (AvgIpc) is 2.39. The second-order valence-electron chi connectivity index (χ2n) is 4.49. The smallest absolute Gasteiger partial charge is 0.119 e. The fourth-order valence-corrected chi connectivity index (χ4v) is 2.85. The number of likely N-dealkylation sites (tertiary alicyclic amines) is 1. The molecule has 1 aliphatic heterocycles. The molecule has 0 aromatic carbocycles. The van der Waals surface area contributed by atoms with Crippen molar-refractivity contribution in [3.63, 3.8) is 0 Å². The lowest BCUT2D eigenvalue weighted by atomic mass is 9.98. The second kappa shape index (κ2) is 7.94. The number of hydrogen-bond donors (Lipinski definition) is 1. The Labute approximate surface area is 119 Å². The highest BCUT2D eigenvalue weighted by atomic mass is 35.5. The van der Waals surface area contributed by atoms with E-state index in [9.17, 15) is 0 Å². The highest BCUT2D eigenvalue weighted by molar-refractivity contribution is 7.98. The Hall–Kier alpha value is -0.360. The molecule has 1 aromatic heterocycles. The minimum Gasteiger partial charge on any atom is -0.330 e. The van der Waals surface area contributed by atoms with E-state index in [-0.39, 0.29) is 12.4 Å². The van der Waals surface area contributed by atoms with Crippen molar-refractivity contribution in [1.29, 1.82) is 0 Å². The first kappa shape index (κ1) is 15.7. The van der Waals surface area contributed by atoms with Crippen molar-refractivity contribution in [3.8, 4) is 0 Å². The molecule has 4 nitrogen and oxygen atoms in total. The Kier molecular flexibility index (Phi) is 6.92. The third kappa shape index (κ3) is 4.09. The summed E-state index contributed by atoms with van der Waals surface area (Å²) in [6.07, 6.45) is 8.10. The average molecular weight is 289 g/mol. The van der Waals surface area contributed by atoms with Gasteiger partial charge in [-0.1, -0.05) is 0 Å². The SMILES string of the molecule is CSc1nccnc1CN1CCCC(CN)C1.Cl. The third-order valence-electron chi connectivity index (χ3n) is 3.24. The predicted octanol–water partition coefficient (Wildman–Crippen LogP) is 1.79. The first-order valence-electron chi connectivity index (χ1n) is 6.09. The van der Waals surface area contributed by atoms with E-state index < -0.39 is 0 Å². The number of nitrogens with zero attached hydrogens (tertiary/aromatic N) is 3. The molecule has 0 aliphatic carbocycles. The summed E-state index contributed by atoms with van der Waals surface area (Å²) in [5.41, 5.74) is 6.85. The summed E-state index contributed by atoms with van der Waals surface area (Å²) in [4.78, 5) is 11.2. The number of aromatic nitrogens is 2. The van der Waals surface area contributed by atoms with Crippen LogP contribution in [0.25, 0.3) is 0 Å². The van der Waals surface area contributed by atoms with Gasteiger partial charge in [-0.2, -0.15) is 0 Å². The molecule has 18 heavy (non-hydrogen) atoms. The van der Waals surface area contributed by atoms with Crippen molar-refractivity contribution in [2.75, 3.05) is 25.9 Å². The Morgan fingerprint density at radius 3 is 2.94 bits per heavy atom. The number of nitrogens with two attached hydrogens (primary N) is 1. The molecular weight excluding hydrogens is 268 g/mol. The molecule has 2 heterocycles. The molecule has 0 amide bonds. The lowest BCUT2D eigenvalue weighted by Gasteiger charge is -2.31. The van der Waals surface area contributed by atoms with Gasteiger partial charge in [0.1, 0.15) is 5.03 Å². The molecule has 0 radical (unpaired) electrons. The monoisotopic (exact) mass is 288 g/mol. The molecule has 2 N–H and O–H groups in total. The van der Waals surface area contributed by atoms with Crippen LogP contribution in [0.3, 0.4) is 0 Å². The zero-order chi connectivity index (χ0) is 12.1. The van der Waals surface area contributed by atoms with Crippen LogP contribution in [-0.4, -0.2) is 40.8 Å². The number of thioether (sulfide) groups is 1. The van der Waals surface area contributed by atoms with Crippen molar-refractivity contribution in [2.45, 2.75) is 24.4 Å². The highest BCUT2D eigenvalue weighted by Gasteiger charge is 2.20. The summed E-state index contributed by atoms with van der Waals surface area (Å²) in [5.74, 6) is 0.651. The Bertz CT molecular complexity index is 364. The molecule has 102 valence electrons. The van der Waals surface area contributed by atoms with Crippen molar-refractivity contribution in [1.82, 2.24) is 14.9 Å². The van der Waals surface area contributed by atoms with Crippen LogP contribution in [0.1, 0.15) is 18.5 Å². The van der Waals surface area contributed by atoms with Crippen LogP contribution < -0.4 is 5.73 Å². The maximum Gasteiger partial charge on any atom is 0.119 e. The quantitative estimate of drug-likeness (QED) is 0.856. The van der Waals surface area contributed by atoms with Crippen molar-refractivity contribution in [3.05, 3.63) is 18.1 Å². The molecule has 1 atom stereocenters. The van der Waals surface area contributed by atoms with Crippen LogP contribution in [0, 0.1) is 5.92 Å². The molecule has 1 saturated heterocycles. The molecule has 1 aliphatic rings. The van der Waals surface area contributed by atoms with Crippen LogP contribution in [0.5, 0.6) is 0 Å². The molecule has 0 saturated carbocycles. The first-order chi connectivity index (χ1) is 8.33. The van der Waals surface area contributed by atoms with Gasteiger partial charge in [0, 0.05) is 25.5 Å². The van der Waals surface area contributed by atoms with Crippen LogP contribution >= 0.6 is 24.2 Å². The third-order valence-corrected chi connectivity index (χ3v) is 3.97. The van der Waals surface area contributed by atoms with Gasteiger partial charge in [0.25, 0.3) is 0 Å². The summed E-state index contributed by atoms with van der Waals surface area (Å²) >= 11 is 1.67. The van der Waals surface area contributed by atoms with E-state index in [1.807, 2.05) is 6.26 Å². The van der Waals surface area contributed by atoms with Gasteiger partial charge in [-0.05, 0) is 38.1 Å². The summed E-state index contributed by atoms with van der Waals surface area (Å²) in [7, 11) is 0. The lowest BCUT2D eigenvalue weighted by Crippen LogP contribution is -2.38. The fourth-order valence-electron chi connectivity index (χ4n) is 2.33. The van der Waals surface area contributed by atoms with E-state index in [0.717, 1.165) is 36.9 Å². The fraction of sp³-hybridized carbons (Fsp3) is 0.667. The van der Waals surface area contributed by atoms with Gasteiger partial charge in [0.15, 0.2) is 0 Å². The van der Waals surface area contributed by atoms with Crippen LogP contribution in [0.2, 0.25) is 0 Å². The highest BCUT2D eigenvalue weighted by Crippen LogP contribution is 2.20. The second-order valence-corrected chi connectivity index (χ2v) is 5.29. The largest absolute Gasteiger partial charge is 0.330 e. The molecule has 2 rings (SSSR count). The van der Waals surface area contributed by atoms with E-state index in [2.05, 4.69) is 14.9 Å². The standard InChI is InChI=1S/C12H20N4S.ClH/c1-17-12-11(14-4-5-15-12)9-16-6-2-3-10(7-13)8-16;/h4-5,10H,2-3,6-9,13H2,1H3;1H. The van der Waals surface area contributed by atoms with Gasteiger partial charge in [0.2, 0.25) is 0 Å². The number of rotatable bonds is 4. The number of piperidine rings is 1. The minimum absolute atomic E-state index is 0. The van der Waals surface area contributed by atoms with Gasteiger partial charge in [-0.25, -0.2) is 4.98 Å². The zero-order valence-electron chi connectivity index (χ0n) is 10.7. The van der Waals surface area contributed by atoms with Crippen molar-refractivity contribution >= 4 is 24.2 Å². The molecule has 1 aromatic rings. The molecule has 6 heteroatoms. The molecule has 1 unspecified atom stereocenters. The predicted molar refractivity (Wildman–Crippen MR) is 78.1 cm³/mol. The Balaban J connectivity index is 0.00000162. The topological polar surface area (TPSA) is 55.0 Å². The maximum absolute atomic E-state index is 5.76. The van der Waals surface area contributed by atoms with E-state index >= 15 is 0 Å². The van der Waals surface area contributed by atoms with E-state index in [1.165, 1.54) is 12.8 Å². The molecular formula is C12H21ClN4S. The number of hydrogen-bond acceptors (Lipinski definition) is 5. The summed E-state index contributed by atoms with van der Waals surface area (Å²) in [5, 5.41) is 1.04. The zero-order valence-corrected chi connectivity index (χ0v) is 12.3. The van der Waals surface area contributed by atoms with Crippen LogP contribution in [0.4, 0.5) is 0 Å². The summed E-state index contributed by atoms with van der Waals surface area (Å²) in [6.45, 7) is 3.95. The van der Waals surface area contributed by atoms with Gasteiger partial charge < -0.3 is 5.73 Å². The van der Waals surface area contributed by atoms with Crippen molar-refractivity contribution in [2.24, 2.45) is 11.7 Å². The Morgan fingerprint density at radius 1 is 1.44 bits per heavy atom. The lowest BCUT2D eigenvalue weighted by molar-refractivity contribution is 0.168. The van der Waals surface area contributed by atoms with Gasteiger partial charge in [0.05, 0.1) is 5.69 Å². The van der Waals surface area contributed by atoms with Gasteiger partial charge in [-0.15, -0.1) is 24.2 Å². The minimum atomic E-state index is 0. The van der Waals surface area contributed by atoms with Crippen molar-refractivity contribution < 1.29 is 0 Å². The van der Waals surface area contributed by atoms with Gasteiger partial charge >= 0.3 is 0 Å². The first-order valence-corrected chi connectivity index (χ1v) is 7.32. The molecule has 0 spiro atoms. The van der Waals surface area contributed by atoms with Gasteiger partial charge in [-0.3, -0.25) is 9.88 Å². The van der Waals surface area contributed by atoms with E-state index in [1.54, 1.807) is 24.2 Å². The molecule has 0 bridgehead atoms. The number of halogens is 1. The molecule has 1 fully saturated rings. The summed E-state index contributed by atoms with van der Waals surface area (Å²) < 4.78 is 0.